The molecule has 0 aromatic heterocycles. The largest absolute Gasteiger partial charge is 0.343 e. The van der Waals surface area contributed by atoms with Crippen LogP contribution in [-0.2, 0) is 4.79 Å². The predicted octanol–water partition coefficient (Wildman–Crippen LogP) is 1.35. The average Bonchev–Trinajstić information content (AvgIpc) is 3.00. The first-order valence-corrected chi connectivity index (χ1v) is 9.03. The van der Waals surface area contributed by atoms with E-state index < -0.39 is 0 Å². The molecule has 3 aliphatic rings. The van der Waals surface area contributed by atoms with Gasteiger partial charge in [0.2, 0.25) is 0 Å². The Morgan fingerprint density at radius 1 is 1.28 bits per heavy atom. The lowest BCUT2D eigenvalue weighted by Gasteiger charge is -2.43. The van der Waals surface area contributed by atoms with Crippen molar-refractivity contribution in [3.63, 3.8) is 0 Å². The van der Waals surface area contributed by atoms with Crippen molar-refractivity contribution in [3.8, 4) is 0 Å². The van der Waals surface area contributed by atoms with Crippen LogP contribution < -0.4 is 10.2 Å². The van der Waals surface area contributed by atoms with Gasteiger partial charge in [-0.3, -0.25) is 19.9 Å². The number of fused-ring (bicyclic) bond motifs is 3. The van der Waals surface area contributed by atoms with Gasteiger partial charge in [0.05, 0.1) is 0 Å². The third-order valence-electron chi connectivity index (χ3n) is 5.33. The van der Waals surface area contributed by atoms with Gasteiger partial charge >= 0.3 is 6.03 Å². The van der Waals surface area contributed by atoms with E-state index in [9.17, 15) is 9.59 Å². The number of nitrogens with zero attached hydrogens (tertiary/aromatic N) is 4. The van der Waals surface area contributed by atoms with Gasteiger partial charge in [-0.15, -0.1) is 0 Å². The molecule has 8 heteroatoms. The van der Waals surface area contributed by atoms with Crippen molar-refractivity contribution in [2.24, 2.45) is 0 Å². The minimum absolute atomic E-state index is 0.112. The fourth-order valence-corrected chi connectivity index (χ4v) is 4.31. The molecule has 0 spiro atoms. The lowest BCUT2D eigenvalue weighted by molar-refractivity contribution is -0.138. The van der Waals surface area contributed by atoms with Crippen LogP contribution in [0, 0.1) is 0 Å². The molecule has 3 atom stereocenters. The second-order valence-electron chi connectivity index (χ2n) is 6.67. The van der Waals surface area contributed by atoms with Gasteiger partial charge in [-0.05, 0) is 31.5 Å². The number of carbonyl (C=O) groups excluding carboxylic acids is 2. The minimum atomic E-state index is -0.352. The zero-order valence-corrected chi connectivity index (χ0v) is 15.1. The Hall–Kier alpha value is -1.83. The third-order valence-corrected chi connectivity index (χ3v) is 5.56. The second-order valence-corrected chi connectivity index (χ2v) is 7.11. The summed E-state index contributed by atoms with van der Waals surface area (Å²) in [5.74, 6) is -0.112. The first kappa shape index (κ1) is 16.6. The molecule has 3 unspecified atom stereocenters. The molecule has 1 aromatic carbocycles. The van der Waals surface area contributed by atoms with E-state index in [-0.39, 0.29) is 30.4 Å². The van der Waals surface area contributed by atoms with Crippen LogP contribution in [0.3, 0.4) is 0 Å². The van der Waals surface area contributed by atoms with Gasteiger partial charge in [-0.2, -0.15) is 0 Å². The maximum absolute atomic E-state index is 12.9. The standard InChI is InChI=1S/C17H22ClN5O2/c1-3-21-15(24)13-14(20(2)17(21)25)19-16-22(8-5-9-23(13)16)12-7-4-6-11(18)10-12/h4,6-7,10,13-14,16,19H,3,5,8-9H2,1-2H3. The molecule has 0 radical (unpaired) electrons. The van der Waals surface area contributed by atoms with Crippen LogP contribution in [0.1, 0.15) is 13.3 Å². The van der Waals surface area contributed by atoms with Crippen LogP contribution in [0.2, 0.25) is 5.02 Å². The Morgan fingerprint density at radius 2 is 2.08 bits per heavy atom. The number of likely N-dealkylation sites (N-methyl/N-ethyl adjacent to an activating group) is 2. The summed E-state index contributed by atoms with van der Waals surface area (Å²) in [6, 6.07) is 7.14. The van der Waals surface area contributed by atoms with Crippen LogP contribution in [0.25, 0.3) is 0 Å². The predicted molar refractivity (Wildman–Crippen MR) is 95.2 cm³/mol. The molecule has 3 saturated heterocycles. The summed E-state index contributed by atoms with van der Waals surface area (Å²) in [6.07, 6.45) is 0.510. The highest BCUT2D eigenvalue weighted by molar-refractivity contribution is 6.30. The maximum atomic E-state index is 12.9. The summed E-state index contributed by atoms with van der Waals surface area (Å²) >= 11 is 6.16. The van der Waals surface area contributed by atoms with Crippen molar-refractivity contribution in [1.82, 2.24) is 20.0 Å². The number of amides is 3. The van der Waals surface area contributed by atoms with Crippen molar-refractivity contribution in [2.45, 2.75) is 31.8 Å². The second kappa shape index (κ2) is 6.16. The summed E-state index contributed by atoms with van der Waals surface area (Å²) in [5.41, 5.74) is 1.02. The molecule has 3 aliphatic heterocycles. The highest BCUT2D eigenvalue weighted by Crippen LogP contribution is 2.33. The molecule has 1 aromatic rings. The fourth-order valence-electron chi connectivity index (χ4n) is 4.13. The molecular formula is C17H22ClN5O2. The molecule has 3 heterocycles. The number of anilines is 1. The Kier molecular flexibility index (Phi) is 4.10. The normalized spacial score (nSPS) is 29.9. The Labute approximate surface area is 152 Å². The highest BCUT2D eigenvalue weighted by atomic mass is 35.5. The van der Waals surface area contributed by atoms with Crippen molar-refractivity contribution in [1.29, 1.82) is 0 Å². The SMILES string of the molecule is CCN1C(=O)C2C(NC3N(c4cccc(Cl)c4)CCCN23)N(C)C1=O. The van der Waals surface area contributed by atoms with E-state index in [1.807, 2.05) is 31.2 Å². The van der Waals surface area contributed by atoms with E-state index in [0.29, 0.717) is 11.6 Å². The van der Waals surface area contributed by atoms with E-state index >= 15 is 0 Å². The zero-order valence-electron chi connectivity index (χ0n) is 14.4. The number of rotatable bonds is 2. The van der Waals surface area contributed by atoms with Gasteiger partial charge in [0.25, 0.3) is 5.91 Å². The molecule has 134 valence electrons. The van der Waals surface area contributed by atoms with Crippen molar-refractivity contribution in [2.75, 3.05) is 31.6 Å². The summed E-state index contributed by atoms with van der Waals surface area (Å²) in [4.78, 5) is 32.7. The van der Waals surface area contributed by atoms with E-state index in [4.69, 9.17) is 11.6 Å². The zero-order chi connectivity index (χ0) is 17.7. The first-order chi connectivity index (χ1) is 12.0. The number of benzene rings is 1. The van der Waals surface area contributed by atoms with E-state index in [0.717, 1.165) is 25.2 Å². The Balaban J connectivity index is 1.68. The fraction of sp³-hybridized carbons (Fsp3) is 0.529. The van der Waals surface area contributed by atoms with Gasteiger partial charge in [-0.25, -0.2) is 4.79 Å². The molecule has 1 N–H and O–H groups in total. The highest BCUT2D eigenvalue weighted by Gasteiger charge is 2.55. The maximum Gasteiger partial charge on any atom is 0.327 e. The summed E-state index contributed by atoms with van der Waals surface area (Å²) in [7, 11) is 1.75. The first-order valence-electron chi connectivity index (χ1n) is 8.65. The molecule has 7 nitrogen and oxygen atoms in total. The topological polar surface area (TPSA) is 59.1 Å². The van der Waals surface area contributed by atoms with Crippen LogP contribution >= 0.6 is 11.6 Å². The lowest BCUT2D eigenvalue weighted by atomic mass is 10.1. The van der Waals surface area contributed by atoms with Crippen molar-refractivity contribution >= 4 is 29.2 Å². The third kappa shape index (κ3) is 2.49. The molecule has 0 aliphatic carbocycles. The number of nitrogens with one attached hydrogen (secondary N) is 1. The van der Waals surface area contributed by atoms with E-state index in [1.165, 1.54) is 4.90 Å². The smallest absolute Gasteiger partial charge is 0.327 e. The molecule has 0 bridgehead atoms. The summed E-state index contributed by atoms with van der Waals surface area (Å²) in [6.45, 7) is 3.92. The van der Waals surface area contributed by atoms with Gasteiger partial charge in [0.15, 0.2) is 0 Å². The summed E-state index contributed by atoms with van der Waals surface area (Å²) < 4.78 is 0. The van der Waals surface area contributed by atoms with Crippen LogP contribution in [-0.4, -0.2) is 71.8 Å². The molecule has 4 rings (SSSR count). The number of imide groups is 1. The van der Waals surface area contributed by atoms with E-state index in [1.54, 1.807) is 11.9 Å². The molecule has 25 heavy (non-hydrogen) atoms. The number of halogens is 1. The number of carbonyl (C=O) groups is 2. The van der Waals surface area contributed by atoms with Crippen LogP contribution in [0.5, 0.6) is 0 Å². The van der Waals surface area contributed by atoms with Gasteiger partial charge < -0.3 is 9.80 Å². The molecular weight excluding hydrogens is 342 g/mol. The van der Waals surface area contributed by atoms with Crippen molar-refractivity contribution < 1.29 is 9.59 Å². The van der Waals surface area contributed by atoms with Crippen molar-refractivity contribution in [3.05, 3.63) is 29.3 Å². The van der Waals surface area contributed by atoms with Crippen LogP contribution in [0.15, 0.2) is 24.3 Å². The Morgan fingerprint density at radius 3 is 2.80 bits per heavy atom. The minimum Gasteiger partial charge on any atom is -0.343 e. The quantitative estimate of drug-likeness (QED) is 0.859. The summed E-state index contributed by atoms with van der Waals surface area (Å²) in [5, 5.41) is 4.17. The van der Waals surface area contributed by atoms with Gasteiger partial charge in [0.1, 0.15) is 18.5 Å². The van der Waals surface area contributed by atoms with Gasteiger partial charge in [-0.1, -0.05) is 17.7 Å². The van der Waals surface area contributed by atoms with E-state index in [2.05, 4.69) is 15.1 Å². The molecule has 3 amide bonds. The number of hydrogen-bond acceptors (Lipinski definition) is 5. The van der Waals surface area contributed by atoms with Crippen LogP contribution in [0.4, 0.5) is 10.5 Å². The molecule has 0 saturated carbocycles. The monoisotopic (exact) mass is 363 g/mol. The lowest BCUT2D eigenvalue weighted by Crippen LogP contribution is -2.66. The average molecular weight is 364 g/mol. The number of urea groups is 1. The number of hydrogen-bond donors (Lipinski definition) is 1. The molecule has 3 fully saturated rings. The van der Waals surface area contributed by atoms with Gasteiger partial charge in [0, 0.05) is 37.4 Å². The Bertz CT molecular complexity index is 714.